The lowest BCUT2D eigenvalue weighted by Gasteiger charge is -2.01. The van der Waals surface area contributed by atoms with Gasteiger partial charge in [0, 0.05) is 10.5 Å². The first-order valence-electron chi connectivity index (χ1n) is 5.44. The third-order valence-electron chi connectivity index (χ3n) is 2.47. The number of ketones is 1. The first-order valence-corrected chi connectivity index (χ1v) is 8.96. The zero-order chi connectivity index (χ0) is 14.9. The van der Waals surface area contributed by atoms with E-state index in [-0.39, 0.29) is 9.99 Å². The van der Waals surface area contributed by atoms with Crippen LogP contribution < -0.4 is 5.14 Å². The fraction of sp³-hybridized carbons (Fsp3) is 0.0833. The van der Waals surface area contributed by atoms with Gasteiger partial charge < -0.3 is 0 Å². The maximum Gasteiger partial charge on any atom is 0.247 e. The standard InChI is InChI=1S/C12H11NO4S3/c1-8(14)9-3-2-4-10(7-9)19(15)11-5-6-12(18-11)20(13,16)17/h2-7H,1H3,(H2,13,16,17)/t19-/m1/s1. The van der Waals surface area contributed by atoms with E-state index in [2.05, 4.69) is 0 Å². The second-order valence-electron chi connectivity index (χ2n) is 3.97. The molecule has 0 amide bonds. The number of hydrogen-bond acceptors (Lipinski definition) is 5. The van der Waals surface area contributed by atoms with E-state index < -0.39 is 20.8 Å². The molecular formula is C12H11NO4S3. The Labute approximate surface area is 122 Å². The molecule has 5 nitrogen and oxygen atoms in total. The summed E-state index contributed by atoms with van der Waals surface area (Å²) in [6.45, 7) is 1.42. The quantitative estimate of drug-likeness (QED) is 0.865. The molecule has 106 valence electrons. The van der Waals surface area contributed by atoms with Crippen LogP contribution in [0.25, 0.3) is 0 Å². The molecule has 1 atom stereocenters. The molecule has 1 aromatic heterocycles. The number of rotatable bonds is 4. The van der Waals surface area contributed by atoms with Crippen molar-refractivity contribution in [2.24, 2.45) is 5.14 Å². The highest BCUT2D eigenvalue weighted by Crippen LogP contribution is 2.27. The van der Waals surface area contributed by atoms with Gasteiger partial charge in [-0.05, 0) is 31.2 Å². The average Bonchev–Trinajstić information content (AvgIpc) is 2.87. The molecule has 0 unspecified atom stereocenters. The van der Waals surface area contributed by atoms with E-state index in [4.69, 9.17) is 5.14 Å². The fourth-order valence-corrected chi connectivity index (χ4v) is 4.84. The van der Waals surface area contributed by atoms with E-state index in [9.17, 15) is 17.4 Å². The van der Waals surface area contributed by atoms with Crippen LogP contribution in [-0.2, 0) is 20.8 Å². The van der Waals surface area contributed by atoms with Crippen molar-refractivity contribution in [3.63, 3.8) is 0 Å². The van der Waals surface area contributed by atoms with Crippen LogP contribution in [0, 0.1) is 0 Å². The summed E-state index contributed by atoms with van der Waals surface area (Å²) in [6, 6.07) is 9.21. The minimum Gasteiger partial charge on any atom is -0.295 e. The summed E-state index contributed by atoms with van der Waals surface area (Å²) in [4.78, 5) is 11.7. The second-order valence-corrected chi connectivity index (χ2v) is 8.55. The Balaban J connectivity index is 2.39. The predicted molar refractivity (Wildman–Crippen MR) is 76.8 cm³/mol. The number of carbonyl (C=O) groups excluding carboxylic acids is 1. The fourth-order valence-electron chi connectivity index (χ4n) is 1.50. The third kappa shape index (κ3) is 3.21. The monoisotopic (exact) mass is 329 g/mol. The van der Waals surface area contributed by atoms with Crippen LogP contribution in [0.1, 0.15) is 17.3 Å². The van der Waals surface area contributed by atoms with Gasteiger partial charge in [-0.1, -0.05) is 12.1 Å². The molecule has 0 aliphatic rings. The molecule has 8 heteroatoms. The van der Waals surface area contributed by atoms with Gasteiger partial charge >= 0.3 is 0 Å². The number of thiophene rings is 1. The largest absolute Gasteiger partial charge is 0.295 e. The van der Waals surface area contributed by atoms with Crippen molar-refractivity contribution in [1.29, 1.82) is 0 Å². The van der Waals surface area contributed by atoms with Gasteiger partial charge in [0.1, 0.15) is 4.21 Å². The van der Waals surface area contributed by atoms with Gasteiger partial charge in [-0.25, -0.2) is 17.8 Å². The van der Waals surface area contributed by atoms with E-state index in [1.165, 1.54) is 25.1 Å². The Hall–Kier alpha value is -1.35. The van der Waals surface area contributed by atoms with E-state index in [0.717, 1.165) is 11.3 Å². The Morgan fingerprint density at radius 3 is 2.50 bits per heavy atom. The van der Waals surface area contributed by atoms with E-state index >= 15 is 0 Å². The first-order chi connectivity index (χ1) is 9.29. The van der Waals surface area contributed by atoms with Crippen molar-refractivity contribution in [3.8, 4) is 0 Å². The molecule has 0 fully saturated rings. The normalized spacial score (nSPS) is 13.1. The molecule has 0 spiro atoms. The van der Waals surface area contributed by atoms with E-state index in [1.807, 2.05) is 0 Å². The number of carbonyl (C=O) groups is 1. The molecule has 0 aliphatic heterocycles. The van der Waals surface area contributed by atoms with Crippen LogP contribution in [0.5, 0.6) is 0 Å². The van der Waals surface area contributed by atoms with Crippen molar-refractivity contribution >= 4 is 37.9 Å². The Bertz CT molecular complexity index is 793. The van der Waals surface area contributed by atoms with Crippen LogP contribution in [0.2, 0.25) is 0 Å². The molecule has 0 saturated heterocycles. The molecule has 2 N–H and O–H groups in total. The SMILES string of the molecule is CC(=O)c1cccc([S@@](=O)c2ccc(S(N)(=O)=O)s2)c1. The number of hydrogen-bond donors (Lipinski definition) is 1. The zero-order valence-corrected chi connectivity index (χ0v) is 12.8. The topological polar surface area (TPSA) is 94.3 Å². The summed E-state index contributed by atoms with van der Waals surface area (Å²) in [5.74, 6) is -0.125. The van der Waals surface area contributed by atoms with Crippen LogP contribution >= 0.6 is 11.3 Å². The van der Waals surface area contributed by atoms with Gasteiger partial charge in [0.2, 0.25) is 10.0 Å². The molecular weight excluding hydrogens is 318 g/mol. The molecule has 20 heavy (non-hydrogen) atoms. The van der Waals surface area contributed by atoms with Gasteiger partial charge in [0.05, 0.1) is 15.0 Å². The maximum atomic E-state index is 12.3. The Kier molecular flexibility index (Phi) is 4.19. The number of sulfonamides is 1. The van der Waals surface area contributed by atoms with Gasteiger partial charge in [-0.3, -0.25) is 4.79 Å². The molecule has 0 bridgehead atoms. The Morgan fingerprint density at radius 1 is 1.25 bits per heavy atom. The van der Waals surface area contributed by atoms with Crippen LogP contribution in [-0.4, -0.2) is 18.4 Å². The molecule has 1 aromatic carbocycles. The van der Waals surface area contributed by atoms with Crippen molar-refractivity contribution in [2.75, 3.05) is 0 Å². The number of Topliss-reactive ketones (excluding diaryl/α,β-unsaturated/α-hetero) is 1. The van der Waals surface area contributed by atoms with Crippen molar-refractivity contribution in [2.45, 2.75) is 20.2 Å². The lowest BCUT2D eigenvalue weighted by Crippen LogP contribution is -2.09. The highest BCUT2D eigenvalue weighted by molar-refractivity contribution is 7.92. The lowest BCUT2D eigenvalue weighted by atomic mass is 10.2. The molecule has 2 rings (SSSR count). The van der Waals surface area contributed by atoms with E-state index in [0.29, 0.717) is 14.7 Å². The third-order valence-corrected chi connectivity index (χ3v) is 6.68. The molecule has 1 heterocycles. The van der Waals surface area contributed by atoms with Crippen molar-refractivity contribution < 1.29 is 17.4 Å². The summed E-state index contributed by atoms with van der Waals surface area (Å²) >= 11 is 0.859. The molecule has 2 aromatic rings. The smallest absolute Gasteiger partial charge is 0.247 e. The highest BCUT2D eigenvalue weighted by atomic mass is 32.3. The lowest BCUT2D eigenvalue weighted by molar-refractivity contribution is 0.101. The van der Waals surface area contributed by atoms with Crippen LogP contribution in [0.3, 0.4) is 0 Å². The first kappa shape index (κ1) is 15.0. The second kappa shape index (κ2) is 5.57. The molecule has 0 saturated carbocycles. The summed E-state index contributed by atoms with van der Waals surface area (Å²) in [5, 5.41) is 5.01. The van der Waals surface area contributed by atoms with Crippen molar-refractivity contribution in [1.82, 2.24) is 0 Å². The number of benzene rings is 1. The summed E-state index contributed by atoms with van der Waals surface area (Å²) < 4.78 is 35.1. The number of nitrogens with two attached hydrogens (primary N) is 1. The van der Waals surface area contributed by atoms with Crippen LogP contribution in [0.15, 0.2) is 49.7 Å². The molecule has 0 aliphatic carbocycles. The summed E-state index contributed by atoms with van der Waals surface area (Å²) in [7, 11) is -5.33. The minimum atomic E-state index is -3.79. The zero-order valence-electron chi connectivity index (χ0n) is 10.4. The minimum absolute atomic E-state index is 0.0384. The van der Waals surface area contributed by atoms with E-state index in [1.54, 1.807) is 18.2 Å². The number of primary sulfonamides is 1. The average molecular weight is 329 g/mol. The van der Waals surface area contributed by atoms with Gasteiger partial charge in [-0.15, -0.1) is 11.3 Å². The predicted octanol–water partition coefficient (Wildman–Crippen LogP) is 1.76. The highest BCUT2D eigenvalue weighted by Gasteiger charge is 2.16. The molecule has 0 radical (unpaired) electrons. The van der Waals surface area contributed by atoms with Crippen LogP contribution in [0.4, 0.5) is 0 Å². The van der Waals surface area contributed by atoms with Gasteiger partial charge in [0.25, 0.3) is 0 Å². The van der Waals surface area contributed by atoms with Gasteiger partial charge in [0.15, 0.2) is 5.78 Å². The van der Waals surface area contributed by atoms with Crippen molar-refractivity contribution in [3.05, 3.63) is 42.0 Å². The summed E-state index contributed by atoms with van der Waals surface area (Å²) in [5.41, 5.74) is 0.457. The Morgan fingerprint density at radius 2 is 1.95 bits per heavy atom. The summed E-state index contributed by atoms with van der Waals surface area (Å²) in [6.07, 6.45) is 0. The maximum absolute atomic E-state index is 12.3. The van der Waals surface area contributed by atoms with Gasteiger partial charge in [-0.2, -0.15) is 0 Å².